The van der Waals surface area contributed by atoms with Gasteiger partial charge in [0, 0.05) is 31.4 Å². The van der Waals surface area contributed by atoms with Crippen LogP contribution in [-0.4, -0.2) is 12.2 Å². The van der Waals surface area contributed by atoms with Crippen molar-refractivity contribution in [2.24, 2.45) is 5.92 Å². The summed E-state index contributed by atoms with van der Waals surface area (Å²) in [6.07, 6.45) is 0. The summed E-state index contributed by atoms with van der Waals surface area (Å²) < 4.78 is 14.7. The van der Waals surface area contributed by atoms with E-state index < -0.39 is 5.79 Å². The predicted molar refractivity (Wildman–Crippen MR) is 87.2 cm³/mol. The molecule has 1 saturated heterocycles. The lowest BCUT2D eigenvalue weighted by Gasteiger charge is -2.47. The molecule has 2 heterocycles. The Morgan fingerprint density at radius 2 is 2.05 bits per heavy atom. The molecule has 20 heavy (non-hydrogen) atoms. The fraction of sp³-hybridized carbons (Fsp3) is 0.500. The molecule has 0 saturated carbocycles. The van der Waals surface area contributed by atoms with Gasteiger partial charge < -0.3 is 9.47 Å². The molecule has 2 aromatic rings. The number of halogens is 1. The van der Waals surface area contributed by atoms with Gasteiger partial charge in [0.2, 0.25) is 0 Å². The molecular weight excluding hydrogens is 336 g/mol. The van der Waals surface area contributed by atoms with E-state index in [9.17, 15) is 0 Å². The van der Waals surface area contributed by atoms with Gasteiger partial charge in [0.25, 0.3) is 0 Å². The number of benzene rings is 1. The van der Waals surface area contributed by atoms with Gasteiger partial charge in [0.05, 0.1) is 12.2 Å². The van der Waals surface area contributed by atoms with E-state index in [1.807, 2.05) is 6.92 Å². The zero-order valence-electron chi connectivity index (χ0n) is 12.2. The van der Waals surface area contributed by atoms with E-state index in [4.69, 9.17) is 9.47 Å². The highest BCUT2D eigenvalue weighted by atomic mass is 79.9. The summed E-state index contributed by atoms with van der Waals surface area (Å²) in [6, 6.07) is 6.41. The maximum Gasteiger partial charge on any atom is 0.192 e. The van der Waals surface area contributed by atoms with Gasteiger partial charge in [-0.3, -0.25) is 0 Å². The topological polar surface area (TPSA) is 18.5 Å². The van der Waals surface area contributed by atoms with E-state index in [1.54, 1.807) is 11.3 Å². The van der Waals surface area contributed by atoms with Crippen molar-refractivity contribution in [1.82, 2.24) is 0 Å². The van der Waals surface area contributed by atoms with Gasteiger partial charge >= 0.3 is 0 Å². The van der Waals surface area contributed by atoms with Crippen LogP contribution in [0.5, 0.6) is 0 Å². The van der Waals surface area contributed by atoms with Crippen LogP contribution in [0.15, 0.2) is 28.1 Å². The fourth-order valence-corrected chi connectivity index (χ4v) is 4.15. The molecule has 4 heteroatoms. The van der Waals surface area contributed by atoms with E-state index in [1.165, 1.54) is 10.1 Å². The number of ether oxygens (including phenoxy) is 2. The molecule has 0 bridgehead atoms. The van der Waals surface area contributed by atoms with Gasteiger partial charge in [0.15, 0.2) is 5.79 Å². The maximum atomic E-state index is 6.29. The van der Waals surface area contributed by atoms with Crippen LogP contribution in [-0.2, 0) is 15.3 Å². The Bertz CT molecular complexity index is 649. The molecule has 2 nitrogen and oxygen atoms in total. The fourth-order valence-electron chi connectivity index (χ4n) is 2.54. The van der Waals surface area contributed by atoms with E-state index in [0.717, 1.165) is 16.6 Å². The summed E-state index contributed by atoms with van der Waals surface area (Å²) >= 11 is 5.31. The van der Waals surface area contributed by atoms with Crippen molar-refractivity contribution >= 4 is 37.4 Å². The Balaban J connectivity index is 2.01. The quantitative estimate of drug-likeness (QED) is 0.691. The van der Waals surface area contributed by atoms with Crippen molar-refractivity contribution in [3.8, 4) is 0 Å². The Kier molecular flexibility index (Phi) is 3.49. The van der Waals surface area contributed by atoms with Crippen LogP contribution in [0.1, 0.15) is 33.3 Å². The molecule has 0 N–H and O–H groups in total. The molecule has 1 fully saturated rings. The molecule has 3 rings (SSSR count). The lowest BCUT2D eigenvalue weighted by molar-refractivity contribution is -0.337. The second-order valence-electron chi connectivity index (χ2n) is 6.16. The van der Waals surface area contributed by atoms with Crippen molar-refractivity contribution in [3.05, 3.63) is 33.6 Å². The number of rotatable bonds is 1. The lowest BCUT2D eigenvalue weighted by atomic mass is 9.90. The average Bonchev–Trinajstić information content (AvgIpc) is 2.75. The summed E-state index contributed by atoms with van der Waals surface area (Å²) in [5, 5.41) is 3.36. The average molecular weight is 355 g/mol. The van der Waals surface area contributed by atoms with Crippen LogP contribution in [0.4, 0.5) is 0 Å². The third-order valence-corrected chi connectivity index (χ3v) is 6.21. The van der Waals surface area contributed by atoms with E-state index in [0.29, 0.717) is 5.92 Å². The zero-order valence-corrected chi connectivity index (χ0v) is 14.6. The molecule has 0 spiro atoms. The van der Waals surface area contributed by atoms with Crippen LogP contribution in [0.2, 0.25) is 0 Å². The Hall–Kier alpha value is -0.420. The minimum Gasteiger partial charge on any atom is -0.346 e. The van der Waals surface area contributed by atoms with Crippen LogP contribution in [0.3, 0.4) is 0 Å². The van der Waals surface area contributed by atoms with Gasteiger partial charge in [-0.1, -0.05) is 19.1 Å². The Labute approximate surface area is 132 Å². The number of hydrogen-bond acceptors (Lipinski definition) is 3. The number of fused-ring (bicyclic) bond motifs is 1. The number of thiophene rings is 1. The SMILES string of the molecule is CC1COC(C)(c2ccc3c(Br)csc3c2)OC1(C)C. The van der Waals surface area contributed by atoms with Crippen LogP contribution < -0.4 is 0 Å². The third-order valence-electron chi connectivity index (χ3n) is 4.31. The summed E-state index contributed by atoms with van der Waals surface area (Å²) in [5.41, 5.74) is 0.900. The Morgan fingerprint density at radius 1 is 1.30 bits per heavy atom. The summed E-state index contributed by atoms with van der Waals surface area (Å²) in [4.78, 5) is 0. The monoisotopic (exact) mass is 354 g/mol. The number of hydrogen-bond donors (Lipinski definition) is 0. The normalized spacial score (nSPS) is 29.8. The van der Waals surface area contributed by atoms with Crippen molar-refractivity contribution in [3.63, 3.8) is 0 Å². The van der Waals surface area contributed by atoms with Crippen molar-refractivity contribution in [2.75, 3.05) is 6.61 Å². The first-order chi connectivity index (χ1) is 9.32. The van der Waals surface area contributed by atoms with Gasteiger partial charge in [-0.05, 0) is 42.8 Å². The minimum absolute atomic E-state index is 0.183. The van der Waals surface area contributed by atoms with Crippen molar-refractivity contribution in [1.29, 1.82) is 0 Å². The van der Waals surface area contributed by atoms with Crippen LogP contribution in [0, 0.1) is 5.92 Å². The second-order valence-corrected chi connectivity index (χ2v) is 7.92. The van der Waals surface area contributed by atoms with Crippen molar-refractivity contribution < 1.29 is 9.47 Å². The van der Waals surface area contributed by atoms with Gasteiger partial charge in [0.1, 0.15) is 0 Å². The standard InChI is InChI=1S/C16H19BrO2S/c1-10-8-18-16(4,19-15(10,2)3)11-5-6-12-13(17)9-20-14(12)7-11/h5-7,9-10H,8H2,1-4H3. The minimum atomic E-state index is -0.666. The van der Waals surface area contributed by atoms with Crippen molar-refractivity contribution in [2.45, 2.75) is 39.1 Å². The molecule has 1 aliphatic rings. The molecule has 0 aliphatic carbocycles. The first kappa shape index (κ1) is 14.5. The Morgan fingerprint density at radius 3 is 2.75 bits per heavy atom. The molecule has 1 aromatic carbocycles. The highest BCUT2D eigenvalue weighted by Crippen LogP contribution is 2.42. The smallest absolute Gasteiger partial charge is 0.192 e. The first-order valence-electron chi connectivity index (χ1n) is 6.83. The first-order valence-corrected chi connectivity index (χ1v) is 8.50. The maximum absolute atomic E-state index is 6.29. The zero-order chi connectivity index (χ0) is 14.5. The molecule has 1 aliphatic heterocycles. The van der Waals surface area contributed by atoms with Crippen LogP contribution >= 0.6 is 27.3 Å². The van der Waals surface area contributed by atoms with Gasteiger partial charge in [-0.2, -0.15) is 0 Å². The van der Waals surface area contributed by atoms with Gasteiger partial charge in [-0.25, -0.2) is 0 Å². The molecule has 108 valence electrons. The van der Waals surface area contributed by atoms with Gasteiger partial charge in [-0.15, -0.1) is 11.3 Å². The molecule has 2 atom stereocenters. The highest BCUT2D eigenvalue weighted by molar-refractivity contribution is 9.10. The molecule has 1 aromatic heterocycles. The predicted octanol–water partition coefficient (Wildman–Crippen LogP) is 5.30. The van der Waals surface area contributed by atoms with E-state index in [2.05, 4.69) is 60.3 Å². The molecular formula is C16H19BrO2S. The van der Waals surface area contributed by atoms with E-state index in [-0.39, 0.29) is 5.60 Å². The molecule has 0 amide bonds. The highest BCUT2D eigenvalue weighted by Gasteiger charge is 2.43. The molecule has 0 radical (unpaired) electrons. The van der Waals surface area contributed by atoms with E-state index >= 15 is 0 Å². The summed E-state index contributed by atoms with van der Waals surface area (Å²) in [5.74, 6) is -0.282. The lowest BCUT2D eigenvalue weighted by Crippen LogP contribution is -2.50. The summed E-state index contributed by atoms with van der Waals surface area (Å²) in [7, 11) is 0. The largest absolute Gasteiger partial charge is 0.346 e. The summed E-state index contributed by atoms with van der Waals surface area (Å²) in [6.45, 7) is 9.18. The van der Waals surface area contributed by atoms with Crippen LogP contribution in [0.25, 0.3) is 10.1 Å². The molecule has 2 unspecified atom stereocenters. The third kappa shape index (κ3) is 2.33. The second kappa shape index (κ2) is 4.80.